The molecule has 1 amide bonds. The van der Waals surface area contributed by atoms with Crippen LogP contribution >= 0.6 is 0 Å². The summed E-state index contributed by atoms with van der Waals surface area (Å²) in [6, 6.07) is 10.1. The molecule has 0 aliphatic heterocycles. The number of aryl methyl sites for hydroxylation is 1. The van der Waals surface area contributed by atoms with Crippen LogP contribution in [0, 0.1) is 35.7 Å². The van der Waals surface area contributed by atoms with E-state index in [4.69, 9.17) is 10.00 Å². The molecule has 0 unspecified atom stereocenters. The molecule has 0 saturated carbocycles. The van der Waals surface area contributed by atoms with E-state index < -0.39 is 41.1 Å². The van der Waals surface area contributed by atoms with Crippen LogP contribution in [0.3, 0.4) is 0 Å². The minimum Gasteiger partial charge on any atom is -0.448 e. The SMILES string of the molecule is Cc1ccc(/C=C(\C#N)C(=O)O[C@H](C)C(=O)Nc2ccc(F)c(F)c2F)cc1. The third kappa shape index (κ3) is 4.98. The van der Waals surface area contributed by atoms with Gasteiger partial charge in [-0.25, -0.2) is 18.0 Å². The van der Waals surface area contributed by atoms with Crippen LogP contribution in [-0.2, 0) is 14.3 Å². The van der Waals surface area contributed by atoms with Gasteiger partial charge in [0.1, 0.15) is 11.6 Å². The Labute approximate surface area is 159 Å². The molecule has 0 saturated heterocycles. The Kier molecular flexibility index (Phi) is 6.55. The minimum absolute atomic E-state index is 0.345. The summed E-state index contributed by atoms with van der Waals surface area (Å²) >= 11 is 0. The zero-order chi connectivity index (χ0) is 20.8. The van der Waals surface area contributed by atoms with E-state index in [1.807, 2.05) is 12.2 Å². The molecule has 1 atom stereocenters. The van der Waals surface area contributed by atoms with Gasteiger partial charge < -0.3 is 10.1 Å². The van der Waals surface area contributed by atoms with Crippen LogP contribution in [0.4, 0.5) is 18.9 Å². The highest BCUT2D eigenvalue weighted by Crippen LogP contribution is 2.20. The van der Waals surface area contributed by atoms with Crippen molar-refractivity contribution in [3.63, 3.8) is 0 Å². The minimum atomic E-state index is -1.74. The molecule has 2 rings (SSSR count). The van der Waals surface area contributed by atoms with Crippen LogP contribution in [0.2, 0.25) is 0 Å². The molecule has 8 heteroatoms. The van der Waals surface area contributed by atoms with Gasteiger partial charge in [-0.2, -0.15) is 5.26 Å². The van der Waals surface area contributed by atoms with Crippen molar-refractivity contribution in [1.82, 2.24) is 0 Å². The first-order valence-corrected chi connectivity index (χ1v) is 8.06. The van der Waals surface area contributed by atoms with Crippen LogP contribution in [-0.4, -0.2) is 18.0 Å². The van der Waals surface area contributed by atoms with E-state index in [1.165, 1.54) is 13.0 Å². The Balaban J connectivity index is 2.08. The number of nitrogens with one attached hydrogen (secondary N) is 1. The van der Waals surface area contributed by atoms with Gasteiger partial charge in [-0.05, 0) is 37.6 Å². The monoisotopic (exact) mass is 388 g/mol. The number of nitriles is 1. The lowest BCUT2D eigenvalue weighted by atomic mass is 10.1. The lowest BCUT2D eigenvalue weighted by molar-refractivity contribution is -0.148. The van der Waals surface area contributed by atoms with Crippen LogP contribution in [0.1, 0.15) is 18.1 Å². The van der Waals surface area contributed by atoms with Crippen molar-refractivity contribution in [2.24, 2.45) is 0 Å². The molecular weight excluding hydrogens is 373 g/mol. The Bertz CT molecular complexity index is 979. The summed E-state index contributed by atoms with van der Waals surface area (Å²) in [6.45, 7) is 3.06. The number of hydrogen-bond donors (Lipinski definition) is 1. The normalized spacial score (nSPS) is 12.1. The number of rotatable bonds is 5. The van der Waals surface area contributed by atoms with Crippen molar-refractivity contribution in [1.29, 1.82) is 5.26 Å². The molecule has 5 nitrogen and oxygen atoms in total. The van der Waals surface area contributed by atoms with E-state index in [0.29, 0.717) is 11.6 Å². The number of amides is 1. The van der Waals surface area contributed by atoms with E-state index in [9.17, 15) is 22.8 Å². The number of anilines is 1. The highest BCUT2D eigenvalue weighted by Gasteiger charge is 2.23. The van der Waals surface area contributed by atoms with Crippen molar-refractivity contribution in [3.05, 3.63) is 70.5 Å². The fraction of sp³-hybridized carbons (Fsp3) is 0.150. The van der Waals surface area contributed by atoms with E-state index in [-0.39, 0.29) is 5.57 Å². The van der Waals surface area contributed by atoms with E-state index in [0.717, 1.165) is 11.6 Å². The van der Waals surface area contributed by atoms with Gasteiger partial charge in [-0.15, -0.1) is 0 Å². The summed E-state index contributed by atoms with van der Waals surface area (Å²) < 4.78 is 44.6. The third-order valence-corrected chi connectivity index (χ3v) is 3.67. The van der Waals surface area contributed by atoms with Gasteiger partial charge in [-0.3, -0.25) is 4.79 Å². The van der Waals surface area contributed by atoms with E-state index in [2.05, 4.69) is 0 Å². The van der Waals surface area contributed by atoms with Crippen molar-refractivity contribution in [2.45, 2.75) is 20.0 Å². The molecule has 28 heavy (non-hydrogen) atoms. The first kappa shape index (κ1) is 20.7. The molecule has 0 bridgehead atoms. The molecule has 2 aromatic carbocycles. The number of halogens is 3. The maximum absolute atomic E-state index is 13.6. The van der Waals surface area contributed by atoms with Crippen molar-refractivity contribution in [3.8, 4) is 6.07 Å². The summed E-state index contributed by atoms with van der Waals surface area (Å²) in [7, 11) is 0. The number of ether oxygens (including phenoxy) is 1. The molecular formula is C20H15F3N2O3. The maximum atomic E-state index is 13.6. The highest BCUT2D eigenvalue weighted by atomic mass is 19.2. The van der Waals surface area contributed by atoms with E-state index in [1.54, 1.807) is 30.3 Å². The molecule has 0 aliphatic rings. The number of carbonyl (C=O) groups is 2. The first-order valence-electron chi connectivity index (χ1n) is 8.06. The summed E-state index contributed by atoms with van der Waals surface area (Å²) in [5.74, 6) is -6.77. The number of carbonyl (C=O) groups excluding carboxylic acids is 2. The second-order valence-corrected chi connectivity index (χ2v) is 5.84. The van der Waals surface area contributed by atoms with Gasteiger partial charge in [0.15, 0.2) is 23.6 Å². The molecule has 0 aromatic heterocycles. The summed E-state index contributed by atoms with van der Waals surface area (Å²) in [5.41, 5.74) is 0.623. The fourth-order valence-electron chi connectivity index (χ4n) is 2.10. The molecule has 144 valence electrons. The average molecular weight is 388 g/mol. The topological polar surface area (TPSA) is 79.2 Å². The summed E-state index contributed by atoms with van der Waals surface area (Å²) in [5, 5.41) is 11.1. The highest BCUT2D eigenvalue weighted by molar-refractivity contribution is 6.01. The van der Waals surface area contributed by atoms with Crippen LogP contribution in [0.25, 0.3) is 6.08 Å². The van der Waals surface area contributed by atoms with Gasteiger partial charge in [-0.1, -0.05) is 29.8 Å². The van der Waals surface area contributed by atoms with Gasteiger partial charge in [0.25, 0.3) is 5.91 Å². The molecule has 0 heterocycles. The predicted octanol–water partition coefficient (Wildman–Crippen LogP) is 3.89. The quantitative estimate of drug-likeness (QED) is 0.365. The number of esters is 1. The fourth-order valence-corrected chi connectivity index (χ4v) is 2.10. The van der Waals surface area contributed by atoms with E-state index >= 15 is 0 Å². The molecule has 1 N–H and O–H groups in total. The standard InChI is InChI=1S/C20H15F3N2O3/c1-11-3-5-13(6-4-11)9-14(10-24)20(27)28-12(2)19(26)25-16-8-7-15(21)17(22)18(16)23/h3-9,12H,1-2H3,(H,25,26)/b14-9+/t12-/m1/s1. The van der Waals surface area contributed by atoms with Gasteiger partial charge in [0, 0.05) is 0 Å². The lowest BCUT2D eigenvalue weighted by Crippen LogP contribution is -2.30. The Morgan fingerprint density at radius 1 is 1.11 bits per heavy atom. The van der Waals surface area contributed by atoms with Crippen LogP contribution < -0.4 is 5.32 Å². The molecule has 0 aliphatic carbocycles. The molecule has 0 fully saturated rings. The first-order chi connectivity index (χ1) is 13.2. The average Bonchev–Trinajstić information content (AvgIpc) is 2.67. The van der Waals surface area contributed by atoms with Crippen LogP contribution in [0.5, 0.6) is 0 Å². The Hall–Kier alpha value is -3.60. The Morgan fingerprint density at radius 3 is 2.36 bits per heavy atom. The predicted molar refractivity (Wildman–Crippen MR) is 95.3 cm³/mol. The second kappa shape index (κ2) is 8.86. The lowest BCUT2D eigenvalue weighted by Gasteiger charge is -2.14. The Morgan fingerprint density at radius 2 is 1.75 bits per heavy atom. The zero-order valence-electron chi connectivity index (χ0n) is 14.9. The van der Waals surface area contributed by atoms with Crippen molar-refractivity contribution >= 4 is 23.6 Å². The zero-order valence-corrected chi connectivity index (χ0v) is 14.9. The van der Waals surface area contributed by atoms with Gasteiger partial charge >= 0.3 is 5.97 Å². The number of benzene rings is 2. The molecule has 0 radical (unpaired) electrons. The second-order valence-electron chi connectivity index (χ2n) is 5.84. The number of hydrogen-bond acceptors (Lipinski definition) is 4. The molecule has 0 spiro atoms. The van der Waals surface area contributed by atoms with Gasteiger partial charge in [0.05, 0.1) is 5.69 Å². The number of nitrogens with zero attached hydrogens (tertiary/aromatic N) is 1. The van der Waals surface area contributed by atoms with Gasteiger partial charge in [0.2, 0.25) is 0 Å². The van der Waals surface area contributed by atoms with Crippen molar-refractivity contribution < 1.29 is 27.5 Å². The molecule has 2 aromatic rings. The summed E-state index contributed by atoms with van der Waals surface area (Å²) in [4.78, 5) is 24.1. The smallest absolute Gasteiger partial charge is 0.349 e. The summed E-state index contributed by atoms with van der Waals surface area (Å²) in [6.07, 6.45) is -0.128. The third-order valence-electron chi connectivity index (χ3n) is 3.67. The maximum Gasteiger partial charge on any atom is 0.349 e. The van der Waals surface area contributed by atoms with Crippen molar-refractivity contribution in [2.75, 3.05) is 5.32 Å². The largest absolute Gasteiger partial charge is 0.448 e. The van der Waals surface area contributed by atoms with Crippen LogP contribution in [0.15, 0.2) is 42.0 Å².